The Morgan fingerprint density at radius 3 is 1.47 bits per heavy atom. The fourth-order valence-electron chi connectivity index (χ4n) is 8.51. The van der Waals surface area contributed by atoms with Gasteiger partial charge in [-0.15, -0.1) is 10.0 Å². The van der Waals surface area contributed by atoms with E-state index in [1.54, 1.807) is 0 Å². The maximum atomic E-state index is 5.32. The zero-order chi connectivity index (χ0) is 36.8. The van der Waals surface area contributed by atoms with Gasteiger partial charge in [0.25, 0.3) is 0 Å². The van der Waals surface area contributed by atoms with Crippen molar-refractivity contribution in [2.24, 2.45) is 0 Å². The van der Waals surface area contributed by atoms with Crippen LogP contribution >= 0.6 is 10.0 Å². The molecular formula is C50H39N3SSi. The fourth-order valence-corrected chi connectivity index (χ4v) is 16.1. The molecule has 0 aliphatic carbocycles. The number of aromatic nitrogens is 3. The first-order chi connectivity index (χ1) is 27.2. The lowest BCUT2D eigenvalue weighted by molar-refractivity contribution is 1.11. The number of para-hydroxylation sites is 3. The highest BCUT2D eigenvalue weighted by atomic mass is 32.3. The van der Waals surface area contributed by atoms with Crippen LogP contribution in [0, 0.1) is 0 Å². The zero-order valence-electron chi connectivity index (χ0n) is 30.5. The molecule has 264 valence electrons. The summed E-state index contributed by atoms with van der Waals surface area (Å²) in [6, 6.07) is 80.5. The summed E-state index contributed by atoms with van der Waals surface area (Å²) in [5, 5.41) is 4.19. The molecule has 8 aromatic carbocycles. The van der Waals surface area contributed by atoms with Crippen LogP contribution in [-0.4, -0.2) is 22.0 Å². The summed E-state index contributed by atoms with van der Waals surface area (Å²) >= 11 is 0. The standard InChI is InChI=1S/C50H39N3SSi/c1-55(43-27-13-5-14-28-43,44-29-15-6-16-30-44)45-31-19-26-41(36-45)54(39-22-9-3-10-23-39,40-24-11-4-12-25-40)42-34-35-46-49(37-42)53-48-33-18-17-32-47(48)52(50(53)51-46)38-20-7-2-8-21-38/h2-37H,1H3. The van der Waals surface area contributed by atoms with Gasteiger partial charge in [0, 0.05) is 25.3 Å². The van der Waals surface area contributed by atoms with Crippen molar-refractivity contribution in [3.8, 4) is 5.69 Å². The summed E-state index contributed by atoms with van der Waals surface area (Å²) in [6.07, 6.45) is 0. The number of rotatable bonds is 8. The SMILES string of the molecule is C[Si](c1ccccc1)(c1ccccc1)c1cccc(S(c2ccccc2)(c2ccccc2)c2ccc3nc4n(-c5ccccc5)c5ccccc5n4c3c2)c1. The van der Waals surface area contributed by atoms with Crippen LogP contribution in [0.2, 0.25) is 6.55 Å². The molecule has 0 amide bonds. The lowest BCUT2D eigenvalue weighted by Crippen LogP contribution is -2.64. The average Bonchev–Trinajstić information content (AvgIpc) is 3.80. The van der Waals surface area contributed by atoms with Crippen molar-refractivity contribution in [1.29, 1.82) is 0 Å². The van der Waals surface area contributed by atoms with Gasteiger partial charge < -0.3 is 0 Å². The Balaban J connectivity index is 1.29. The molecule has 2 heterocycles. The molecule has 10 aromatic rings. The number of imidazole rings is 2. The van der Waals surface area contributed by atoms with Crippen molar-refractivity contribution in [3.05, 3.63) is 218 Å². The second-order valence-electron chi connectivity index (χ2n) is 14.2. The van der Waals surface area contributed by atoms with Crippen LogP contribution in [0.15, 0.2) is 238 Å². The molecule has 0 spiro atoms. The van der Waals surface area contributed by atoms with Crippen LogP contribution in [0.5, 0.6) is 0 Å². The molecular weight excluding hydrogens is 703 g/mol. The molecule has 0 unspecified atom stereocenters. The van der Waals surface area contributed by atoms with Crippen LogP contribution < -0.4 is 15.6 Å². The summed E-state index contributed by atoms with van der Waals surface area (Å²) in [5.41, 5.74) is 5.44. The fraction of sp³-hybridized carbons (Fsp3) is 0.0200. The van der Waals surface area contributed by atoms with Gasteiger partial charge >= 0.3 is 0 Å². The van der Waals surface area contributed by atoms with Crippen molar-refractivity contribution in [3.63, 3.8) is 0 Å². The Morgan fingerprint density at radius 1 is 0.400 bits per heavy atom. The quantitative estimate of drug-likeness (QED) is 0.112. The number of hydrogen-bond donors (Lipinski definition) is 0. The van der Waals surface area contributed by atoms with Crippen molar-refractivity contribution in [2.45, 2.75) is 26.1 Å². The molecule has 0 N–H and O–H groups in total. The minimum Gasteiger partial charge on any atom is -0.278 e. The van der Waals surface area contributed by atoms with E-state index in [9.17, 15) is 0 Å². The van der Waals surface area contributed by atoms with Gasteiger partial charge in [0.2, 0.25) is 5.78 Å². The third kappa shape index (κ3) is 5.23. The van der Waals surface area contributed by atoms with Crippen LogP contribution in [0.25, 0.3) is 33.5 Å². The summed E-state index contributed by atoms with van der Waals surface area (Å²) in [5.74, 6) is 0.911. The highest BCUT2D eigenvalue weighted by Gasteiger charge is 2.38. The van der Waals surface area contributed by atoms with Crippen LogP contribution in [0.4, 0.5) is 0 Å². The van der Waals surface area contributed by atoms with E-state index >= 15 is 0 Å². The second-order valence-corrected chi connectivity index (χ2v) is 21.3. The van der Waals surface area contributed by atoms with Gasteiger partial charge in [-0.05, 0) is 94.4 Å². The smallest absolute Gasteiger partial charge is 0.220 e. The monoisotopic (exact) mass is 741 g/mol. The molecule has 5 heteroatoms. The zero-order valence-corrected chi connectivity index (χ0v) is 32.4. The summed E-state index contributed by atoms with van der Waals surface area (Å²) in [4.78, 5) is 10.5. The van der Waals surface area contributed by atoms with E-state index in [4.69, 9.17) is 4.98 Å². The van der Waals surface area contributed by atoms with Crippen molar-refractivity contribution in [1.82, 2.24) is 14.0 Å². The van der Waals surface area contributed by atoms with E-state index < -0.39 is 18.1 Å². The second kappa shape index (κ2) is 13.5. The summed E-state index contributed by atoms with van der Waals surface area (Å²) in [7, 11) is -4.44. The Kier molecular flexibility index (Phi) is 8.13. The van der Waals surface area contributed by atoms with E-state index in [1.807, 2.05) is 0 Å². The lowest BCUT2D eigenvalue weighted by Gasteiger charge is -2.43. The average molecular weight is 742 g/mol. The van der Waals surface area contributed by atoms with Gasteiger partial charge in [0.05, 0.1) is 22.1 Å². The van der Waals surface area contributed by atoms with Crippen LogP contribution in [-0.2, 0) is 0 Å². The third-order valence-corrected chi connectivity index (χ3v) is 19.5. The van der Waals surface area contributed by atoms with Crippen molar-refractivity contribution in [2.75, 3.05) is 0 Å². The normalized spacial score (nSPS) is 12.4. The molecule has 0 saturated carbocycles. The first-order valence-electron chi connectivity index (χ1n) is 18.8. The molecule has 10 rings (SSSR count). The maximum absolute atomic E-state index is 5.32. The van der Waals surface area contributed by atoms with E-state index in [0.29, 0.717) is 0 Å². The molecule has 0 radical (unpaired) electrons. The molecule has 55 heavy (non-hydrogen) atoms. The molecule has 2 aromatic heterocycles. The highest BCUT2D eigenvalue weighted by molar-refractivity contribution is 8.34. The first kappa shape index (κ1) is 33.2. The minimum absolute atomic E-state index is 0.911. The largest absolute Gasteiger partial charge is 0.278 e. The third-order valence-electron chi connectivity index (χ3n) is 11.2. The molecule has 0 aliphatic rings. The van der Waals surface area contributed by atoms with Crippen LogP contribution in [0.3, 0.4) is 0 Å². The van der Waals surface area contributed by atoms with Gasteiger partial charge in [0.15, 0.2) is 0 Å². The summed E-state index contributed by atoms with van der Waals surface area (Å²) in [6.45, 7) is 2.51. The maximum Gasteiger partial charge on any atom is 0.220 e. The van der Waals surface area contributed by atoms with Gasteiger partial charge in [-0.2, -0.15) is 0 Å². The van der Waals surface area contributed by atoms with Crippen molar-refractivity contribution >= 4 is 61.5 Å². The number of hydrogen-bond acceptors (Lipinski definition) is 1. The molecule has 0 saturated heterocycles. The van der Waals surface area contributed by atoms with Gasteiger partial charge in [-0.25, -0.2) is 4.98 Å². The minimum atomic E-state index is -2.42. The van der Waals surface area contributed by atoms with Crippen molar-refractivity contribution < 1.29 is 0 Å². The number of fused-ring (bicyclic) bond motifs is 5. The van der Waals surface area contributed by atoms with E-state index in [0.717, 1.165) is 33.5 Å². The number of benzene rings is 8. The molecule has 0 atom stereocenters. The Labute approximate surface area is 324 Å². The van der Waals surface area contributed by atoms with Crippen LogP contribution in [0.1, 0.15) is 0 Å². The topological polar surface area (TPSA) is 22.2 Å². The lowest BCUT2D eigenvalue weighted by atomic mass is 10.2. The Hall–Kier alpha value is -6.40. The predicted molar refractivity (Wildman–Crippen MR) is 233 cm³/mol. The van der Waals surface area contributed by atoms with E-state index in [2.05, 4.69) is 234 Å². The summed E-state index contributed by atoms with van der Waals surface area (Å²) < 4.78 is 4.64. The predicted octanol–water partition coefficient (Wildman–Crippen LogP) is 10.9. The van der Waals surface area contributed by atoms with E-state index in [1.165, 1.54) is 35.1 Å². The van der Waals surface area contributed by atoms with Gasteiger partial charge in [-0.3, -0.25) is 8.97 Å². The van der Waals surface area contributed by atoms with E-state index in [-0.39, 0.29) is 0 Å². The molecule has 3 nitrogen and oxygen atoms in total. The molecule has 0 aliphatic heterocycles. The Morgan fingerprint density at radius 2 is 0.873 bits per heavy atom. The Bertz CT molecular complexity index is 2850. The van der Waals surface area contributed by atoms with Gasteiger partial charge in [-0.1, -0.05) is 146 Å². The number of nitrogens with zero attached hydrogens (tertiary/aromatic N) is 3. The van der Waals surface area contributed by atoms with Gasteiger partial charge in [0.1, 0.15) is 8.07 Å². The first-order valence-corrected chi connectivity index (χ1v) is 22.9. The highest BCUT2D eigenvalue weighted by Crippen LogP contribution is 2.73. The molecule has 0 fully saturated rings. The molecule has 0 bridgehead atoms.